The summed E-state index contributed by atoms with van der Waals surface area (Å²) in [5.41, 5.74) is 0.245. The Hall–Kier alpha value is -1.16. The van der Waals surface area contributed by atoms with Gasteiger partial charge in [0, 0.05) is 12.7 Å². The third kappa shape index (κ3) is 3.83. The molecular formula is C11H18FNO2. The number of halogens is 1. The maximum atomic E-state index is 13.1. The van der Waals surface area contributed by atoms with Gasteiger partial charge in [0.25, 0.3) is 5.56 Å². The minimum absolute atomic E-state index is 0.253. The van der Waals surface area contributed by atoms with Crippen LogP contribution in [-0.4, -0.2) is 18.3 Å². The van der Waals surface area contributed by atoms with E-state index in [1.807, 2.05) is 13.8 Å². The van der Waals surface area contributed by atoms with Crippen molar-refractivity contribution in [1.82, 2.24) is 4.57 Å². The fraction of sp³-hybridized carbons (Fsp3) is 0.545. The number of aromatic nitrogens is 1. The van der Waals surface area contributed by atoms with Gasteiger partial charge in [0.05, 0.1) is 13.2 Å². The van der Waals surface area contributed by atoms with E-state index in [9.17, 15) is 9.18 Å². The molecule has 0 radical (unpaired) electrons. The van der Waals surface area contributed by atoms with Gasteiger partial charge >= 0.3 is 0 Å². The van der Waals surface area contributed by atoms with Crippen LogP contribution >= 0.6 is 0 Å². The van der Waals surface area contributed by atoms with Gasteiger partial charge in [-0.25, -0.2) is 0 Å². The van der Waals surface area contributed by atoms with Crippen molar-refractivity contribution in [2.24, 2.45) is 0 Å². The van der Waals surface area contributed by atoms with Crippen molar-refractivity contribution < 1.29 is 9.13 Å². The van der Waals surface area contributed by atoms with Crippen LogP contribution in [0.5, 0.6) is 0 Å². The Balaban J connectivity index is 0.000000921. The van der Waals surface area contributed by atoms with E-state index >= 15 is 0 Å². The maximum Gasteiger partial charge on any atom is 0.255 e. The van der Waals surface area contributed by atoms with E-state index < -0.39 is 5.95 Å². The molecule has 0 N–H and O–H groups in total. The highest BCUT2D eigenvalue weighted by atomic mass is 19.1. The molecule has 86 valence electrons. The molecule has 0 aliphatic carbocycles. The summed E-state index contributed by atoms with van der Waals surface area (Å²) < 4.78 is 18.9. The lowest BCUT2D eigenvalue weighted by Crippen LogP contribution is -2.26. The van der Waals surface area contributed by atoms with Crippen molar-refractivity contribution in [2.45, 2.75) is 27.3 Å². The fourth-order valence-electron chi connectivity index (χ4n) is 1.06. The highest BCUT2D eigenvalue weighted by Crippen LogP contribution is 1.96. The first-order valence-electron chi connectivity index (χ1n) is 5.01. The molecule has 0 bridgehead atoms. The van der Waals surface area contributed by atoms with E-state index in [1.54, 1.807) is 6.92 Å². The largest absolute Gasteiger partial charge is 0.383 e. The van der Waals surface area contributed by atoms with E-state index in [0.717, 1.165) is 4.57 Å². The molecule has 0 fully saturated rings. The van der Waals surface area contributed by atoms with Crippen molar-refractivity contribution in [2.75, 3.05) is 13.7 Å². The Kier molecular flexibility index (Phi) is 6.62. The average molecular weight is 215 g/mol. The molecule has 1 rings (SSSR count). The van der Waals surface area contributed by atoms with Gasteiger partial charge in [-0.2, -0.15) is 4.39 Å². The Bertz CT molecular complexity index is 347. The Morgan fingerprint density at radius 2 is 2.00 bits per heavy atom. The summed E-state index contributed by atoms with van der Waals surface area (Å²) >= 11 is 0. The molecule has 1 heterocycles. The zero-order chi connectivity index (χ0) is 11.8. The molecule has 15 heavy (non-hydrogen) atoms. The molecule has 0 amide bonds. The van der Waals surface area contributed by atoms with Crippen LogP contribution in [0.2, 0.25) is 0 Å². The van der Waals surface area contributed by atoms with Crippen LogP contribution in [0.25, 0.3) is 0 Å². The molecule has 0 saturated carbocycles. The molecule has 0 aromatic carbocycles. The van der Waals surface area contributed by atoms with Crippen LogP contribution in [0.3, 0.4) is 0 Å². The van der Waals surface area contributed by atoms with E-state index in [4.69, 9.17) is 4.74 Å². The minimum atomic E-state index is -0.521. The molecule has 1 aromatic heterocycles. The number of ether oxygens (including phenoxy) is 1. The molecule has 0 aliphatic heterocycles. The van der Waals surface area contributed by atoms with Crippen LogP contribution in [0.1, 0.15) is 19.4 Å². The molecule has 1 aromatic rings. The predicted molar refractivity (Wildman–Crippen MR) is 58.6 cm³/mol. The zero-order valence-electron chi connectivity index (χ0n) is 9.71. The predicted octanol–water partition coefficient (Wildman–Crippen LogP) is 1.97. The quantitative estimate of drug-likeness (QED) is 0.722. The lowest BCUT2D eigenvalue weighted by molar-refractivity contribution is 0.181. The fourth-order valence-corrected chi connectivity index (χ4v) is 1.06. The van der Waals surface area contributed by atoms with Crippen molar-refractivity contribution in [3.63, 3.8) is 0 Å². The summed E-state index contributed by atoms with van der Waals surface area (Å²) in [6.07, 6.45) is 0. The maximum absolute atomic E-state index is 13.1. The van der Waals surface area contributed by atoms with Crippen LogP contribution < -0.4 is 5.56 Å². The second kappa shape index (κ2) is 7.17. The summed E-state index contributed by atoms with van der Waals surface area (Å²) in [5.74, 6) is -0.521. The number of nitrogens with zero attached hydrogens (tertiary/aromatic N) is 1. The highest BCUT2D eigenvalue weighted by molar-refractivity contribution is 5.08. The van der Waals surface area contributed by atoms with Gasteiger partial charge in [-0.15, -0.1) is 0 Å². The Morgan fingerprint density at radius 1 is 1.40 bits per heavy atom. The number of rotatable bonds is 3. The normalized spacial score (nSPS) is 9.40. The number of hydrogen-bond acceptors (Lipinski definition) is 2. The lowest BCUT2D eigenvalue weighted by Gasteiger charge is -2.06. The standard InChI is InChI=1S/C9H12FNO2.C2H6/c1-7-3-4-8(10)11(9(7)12)5-6-13-2;1-2/h3-4H,5-6H2,1-2H3;1-2H3. The second-order valence-corrected chi connectivity index (χ2v) is 2.79. The van der Waals surface area contributed by atoms with Gasteiger partial charge in [-0.05, 0) is 19.1 Å². The second-order valence-electron chi connectivity index (χ2n) is 2.79. The molecule has 0 aliphatic rings. The van der Waals surface area contributed by atoms with E-state index in [-0.39, 0.29) is 12.1 Å². The first kappa shape index (κ1) is 13.8. The van der Waals surface area contributed by atoms with Crippen molar-refractivity contribution in [3.05, 3.63) is 34.0 Å². The Morgan fingerprint density at radius 3 is 2.53 bits per heavy atom. The molecular weight excluding hydrogens is 197 g/mol. The van der Waals surface area contributed by atoms with E-state index in [0.29, 0.717) is 12.2 Å². The Labute approximate surface area is 89.5 Å². The molecule has 0 atom stereocenters. The van der Waals surface area contributed by atoms with Crippen molar-refractivity contribution in [1.29, 1.82) is 0 Å². The first-order chi connectivity index (χ1) is 7.16. The number of hydrogen-bond donors (Lipinski definition) is 0. The molecule has 3 nitrogen and oxygen atoms in total. The van der Waals surface area contributed by atoms with Crippen molar-refractivity contribution in [3.8, 4) is 0 Å². The van der Waals surface area contributed by atoms with Gasteiger partial charge < -0.3 is 4.74 Å². The van der Waals surface area contributed by atoms with Gasteiger partial charge in [-0.1, -0.05) is 13.8 Å². The molecule has 4 heteroatoms. The smallest absolute Gasteiger partial charge is 0.255 e. The van der Waals surface area contributed by atoms with Crippen LogP contribution in [0.4, 0.5) is 4.39 Å². The van der Waals surface area contributed by atoms with Crippen molar-refractivity contribution >= 4 is 0 Å². The summed E-state index contributed by atoms with van der Waals surface area (Å²) in [6.45, 7) is 6.24. The molecule has 0 unspecified atom stereocenters. The van der Waals surface area contributed by atoms with Gasteiger partial charge in [-0.3, -0.25) is 9.36 Å². The zero-order valence-corrected chi connectivity index (χ0v) is 9.71. The summed E-state index contributed by atoms with van der Waals surface area (Å²) in [7, 11) is 1.51. The summed E-state index contributed by atoms with van der Waals surface area (Å²) in [6, 6.07) is 2.76. The van der Waals surface area contributed by atoms with Gasteiger partial charge in [0.15, 0.2) is 5.95 Å². The monoisotopic (exact) mass is 215 g/mol. The highest BCUT2D eigenvalue weighted by Gasteiger charge is 2.04. The number of pyridine rings is 1. The van der Waals surface area contributed by atoms with Crippen LogP contribution in [-0.2, 0) is 11.3 Å². The number of aryl methyl sites for hydroxylation is 1. The third-order valence-electron chi connectivity index (χ3n) is 1.83. The first-order valence-corrected chi connectivity index (χ1v) is 5.01. The van der Waals surface area contributed by atoms with E-state index in [1.165, 1.54) is 19.2 Å². The topological polar surface area (TPSA) is 31.2 Å². The van der Waals surface area contributed by atoms with Crippen LogP contribution in [0, 0.1) is 12.9 Å². The number of methoxy groups -OCH3 is 1. The lowest BCUT2D eigenvalue weighted by atomic mass is 10.3. The summed E-state index contributed by atoms with van der Waals surface area (Å²) in [4.78, 5) is 11.4. The van der Waals surface area contributed by atoms with Gasteiger partial charge in [0.1, 0.15) is 0 Å². The third-order valence-corrected chi connectivity index (χ3v) is 1.83. The average Bonchev–Trinajstić information content (AvgIpc) is 2.27. The summed E-state index contributed by atoms with van der Waals surface area (Å²) in [5, 5.41) is 0. The SMILES string of the molecule is CC.COCCn1c(F)ccc(C)c1=O. The minimum Gasteiger partial charge on any atom is -0.383 e. The van der Waals surface area contributed by atoms with Gasteiger partial charge in [0.2, 0.25) is 0 Å². The molecule has 0 spiro atoms. The van der Waals surface area contributed by atoms with Crippen LogP contribution in [0.15, 0.2) is 16.9 Å². The molecule has 0 saturated heterocycles. The van der Waals surface area contributed by atoms with E-state index in [2.05, 4.69) is 0 Å².